The molecule has 0 saturated carbocycles. The maximum Gasteiger partial charge on any atom is 0.335 e. The molecule has 3 rings (SSSR count). The average molecular weight is 313 g/mol. The number of carbonyl (C=O) groups is 2. The summed E-state index contributed by atoms with van der Waals surface area (Å²) in [5, 5.41) is 9.06. The summed E-state index contributed by atoms with van der Waals surface area (Å²) in [7, 11) is 1.58. The van der Waals surface area contributed by atoms with Crippen LogP contribution >= 0.6 is 0 Å². The lowest BCUT2D eigenvalue weighted by atomic mass is 10.1. The third-order valence-corrected chi connectivity index (χ3v) is 3.67. The van der Waals surface area contributed by atoms with E-state index < -0.39 is 5.97 Å². The molecule has 0 unspecified atom stereocenters. The molecule has 118 valence electrons. The van der Waals surface area contributed by atoms with E-state index in [1.54, 1.807) is 18.1 Å². The van der Waals surface area contributed by atoms with Gasteiger partial charge in [0.25, 0.3) is 5.91 Å². The molecule has 0 atom stereocenters. The highest BCUT2D eigenvalue weighted by molar-refractivity contribution is 5.99. The molecule has 1 aliphatic rings. The smallest absolute Gasteiger partial charge is 0.335 e. The number of fused-ring (bicyclic) bond motifs is 1. The van der Waals surface area contributed by atoms with Crippen molar-refractivity contribution < 1.29 is 24.2 Å². The van der Waals surface area contributed by atoms with Gasteiger partial charge >= 0.3 is 5.97 Å². The molecule has 0 aliphatic carbocycles. The number of methoxy groups -OCH3 is 1. The molecule has 23 heavy (non-hydrogen) atoms. The first kappa shape index (κ1) is 14.9. The Morgan fingerprint density at radius 1 is 1.30 bits per heavy atom. The van der Waals surface area contributed by atoms with Crippen LogP contribution in [0.3, 0.4) is 0 Å². The lowest BCUT2D eigenvalue weighted by Gasteiger charge is -2.30. The number of anilines is 1. The number of nitrogens with zero attached hydrogens (tertiary/aromatic N) is 1. The van der Waals surface area contributed by atoms with E-state index in [1.165, 1.54) is 12.1 Å². The van der Waals surface area contributed by atoms with Crippen molar-refractivity contribution in [3.63, 3.8) is 0 Å². The van der Waals surface area contributed by atoms with Crippen LogP contribution in [0.2, 0.25) is 0 Å². The second-order valence-electron chi connectivity index (χ2n) is 5.07. The molecule has 6 nitrogen and oxygen atoms in total. The lowest BCUT2D eigenvalue weighted by Crippen LogP contribution is -2.38. The second kappa shape index (κ2) is 6.00. The zero-order valence-corrected chi connectivity index (χ0v) is 12.5. The molecule has 1 heterocycles. The Morgan fingerprint density at radius 2 is 2.09 bits per heavy atom. The number of benzene rings is 2. The van der Waals surface area contributed by atoms with Gasteiger partial charge in [0.1, 0.15) is 11.5 Å². The average Bonchev–Trinajstić information content (AvgIpc) is 2.57. The predicted molar refractivity (Wildman–Crippen MR) is 83.1 cm³/mol. The topological polar surface area (TPSA) is 76.1 Å². The van der Waals surface area contributed by atoms with E-state index in [0.717, 1.165) is 5.56 Å². The number of carboxylic acids is 1. The molecule has 2 aromatic carbocycles. The van der Waals surface area contributed by atoms with Gasteiger partial charge in [0.15, 0.2) is 6.61 Å². The predicted octanol–water partition coefficient (Wildman–Crippen LogP) is 2.32. The Morgan fingerprint density at radius 3 is 2.83 bits per heavy atom. The van der Waals surface area contributed by atoms with Crippen molar-refractivity contribution in [1.82, 2.24) is 0 Å². The number of hydrogen-bond acceptors (Lipinski definition) is 4. The molecule has 0 fully saturated rings. The SMILES string of the molecule is COc1ccccc1CN1C(=O)COc2cc(C(=O)O)ccc21. The van der Waals surface area contributed by atoms with E-state index in [4.69, 9.17) is 14.6 Å². The van der Waals surface area contributed by atoms with Crippen LogP contribution in [0.1, 0.15) is 15.9 Å². The summed E-state index contributed by atoms with van der Waals surface area (Å²) < 4.78 is 10.7. The fraction of sp³-hybridized carbons (Fsp3) is 0.176. The van der Waals surface area contributed by atoms with Crippen molar-refractivity contribution in [3.8, 4) is 11.5 Å². The Labute approximate surface area is 132 Å². The van der Waals surface area contributed by atoms with Gasteiger partial charge in [-0.15, -0.1) is 0 Å². The van der Waals surface area contributed by atoms with Gasteiger partial charge in [-0.25, -0.2) is 4.79 Å². The van der Waals surface area contributed by atoms with Crippen LogP contribution in [-0.2, 0) is 11.3 Å². The van der Waals surface area contributed by atoms with Crippen LogP contribution in [0, 0.1) is 0 Å². The number of carboxylic acid groups (broad SMARTS) is 1. The van der Waals surface area contributed by atoms with Crippen LogP contribution < -0.4 is 14.4 Å². The Hall–Kier alpha value is -3.02. The molecule has 2 aromatic rings. The molecule has 1 amide bonds. The van der Waals surface area contributed by atoms with Crippen LogP contribution in [0.5, 0.6) is 11.5 Å². The van der Waals surface area contributed by atoms with Gasteiger partial charge in [-0.05, 0) is 24.3 Å². The summed E-state index contributed by atoms with van der Waals surface area (Å²) in [6.45, 7) is 0.205. The Balaban J connectivity index is 1.97. The zero-order valence-electron chi connectivity index (χ0n) is 12.5. The minimum Gasteiger partial charge on any atom is -0.496 e. The molecule has 1 aliphatic heterocycles. The first-order valence-corrected chi connectivity index (χ1v) is 7.02. The molecular weight excluding hydrogens is 298 g/mol. The largest absolute Gasteiger partial charge is 0.496 e. The Kier molecular flexibility index (Phi) is 3.89. The van der Waals surface area contributed by atoms with Crippen LogP contribution in [-0.4, -0.2) is 30.7 Å². The van der Waals surface area contributed by atoms with Gasteiger partial charge in [-0.3, -0.25) is 4.79 Å². The van der Waals surface area contributed by atoms with Gasteiger partial charge in [-0.1, -0.05) is 18.2 Å². The molecule has 0 bridgehead atoms. The van der Waals surface area contributed by atoms with Crippen molar-refractivity contribution in [3.05, 3.63) is 53.6 Å². The van der Waals surface area contributed by atoms with Crippen molar-refractivity contribution in [2.75, 3.05) is 18.6 Å². The summed E-state index contributed by atoms with van der Waals surface area (Å²) in [5.41, 5.74) is 1.53. The Bertz CT molecular complexity index is 771. The molecule has 0 saturated heterocycles. The van der Waals surface area contributed by atoms with Gasteiger partial charge in [0.05, 0.1) is 24.9 Å². The number of para-hydroxylation sites is 1. The summed E-state index contributed by atoms with van der Waals surface area (Å²) in [6.07, 6.45) is 0. The summed E-state index contributed by atoms with van der Waals surface area (Å²) in [4.78, 5) is 24.8. The van der Waals surface area contributed by atoms with Crippen molar-refractivity contribution in [1.29, 1.82) is 0 Å². The fourth-order valence-electron chi connectivity index (χ4n) is 2.51. The minimum absolute atomic E-state index is 0.120. The number of rotatable bonds is 4. The van der Waals surface area contributed by atoms with E-state index >= 15 is 0 Å². The first-order valence-electron chi connectivity index (χ1n) is 7.02. The number of carbonyl (C=O) groups excluding carboxylic acids is 1. The van der Waals surface area contributed by atoms with Gasteiger partial charge < -0.3 is 19.5 Å². The van der Waals surface area contributed by atoms with Gasteiger partial charge in [0, 0.05) is 5.56 Å². The highest BCUT2D eigenvalue weighted by Crippen LogP contribution is 2.35. The maximum absolute atomic E-state index is 12.2. The quantitative estimate of drug-likeness (QED) is 0.937. The molecule has 6 heteroatoms. The lowest BCUT2D eigenvalue weighted by molar-refractivity contribution is -0.121. The summed E-state index contributed by atoms with van der Waals surface area (Å²) >= 11 is 0. The summed E-state index contributed by atoms with van der Waals surface area (Å²) in [6, 6.07) is 11.9. The van der Waals surface area contributed by atoms with Crippen LogP contribution in [0.25, 0.3) is 0 Å². The van der Waals surface area contributed by atoms with Gasteiger partial charge in [-0.2, -0.15) is 0 Å². The normalized spacial score (nSPS) is 13.3. The van der Waals surface area contributed by atoms with E-state index in [0.29, 0.717) is 23.7 Å². The first-order chi connectivity index (χ1) is 11.1. The zero-order chi connectivity index (χ0) is 16.4. The molecular formula is C17H15NO5. The monoisotopic (exact) mass is 313 g/mol. The second-order valence-corrected chi connectivity index (χ2v) is 5.07. The minimum atomic E-state index is -1.04. The maximum atomic E-state index is 12.2. The van der Waals surface area contributed by atoms with E-state index in [9.17, 15) is 9.59 Å². The van der Waals surface area contributed by atoms with E-state index in [2.05, 4.69) is 0 Å². The highest BCUT2D eigenvalue weighted by atomic mass is 16.5. The number of ether oxygens (including phenoxy) is 2. The molecule has 0 aromatic heterocycles. The van der Waals surface area contributed by atoms with Crippen LogP contribution in [0.15, 0.2) is 42.5 Å². The number of aromatic carboxylic acids is 1. The van der Waals surface area contributed by atoms with E-state index in [-0.39, 0.29) is 18.1 Å². The molecule has 1 N–H and O–H groups in total. The van der Waals surface area contributed by atoms with Gasteiger partial charge in [0.2, 0.25) is 0 Å². The van der Waals surface area contributed by atoms with Crippen molar-refractivity contribution >= 4 is 17.6 Å². The highest BCUT2D eigenvalue weighted by Gasteiger charge is 2.27. The number of hydrogen-bond donors (Lipinski definition) is 1. The molecule has 0 radical (unpaired) electrons. The number of amides is 1. The fourth-order valence-corrected chi connectivity index (χ4v) is 2.51. The van der Waals surface area contributed by atoms with E-state index in [1.807, 2.05) is 24.3 Å². The summed E-state index contributed by atoms with van der Waals surface area (Å²) in [5.74, 6) is -0.147. The van der Waals surface area contributed by atoms with Crippen molar-refractivity contribution in [2.24, 2.45) is 0 Å². The third-order valence-electron chi connectivity index (χ3n) is 3.67. The standard InChI is InChI=1S/C17H15NO5/c1-22-14-5-3-2-4-12(14)9-18-13-7-6-11(17(20)21)8-15(13)23-10-16(18)19/h2-8H,9-10H2,1H3,(H,20,21). The van der Waals surface area contributed by atoms with Crippen molar-refractivity contribution in [2.45, 2.75) is 6.54 Å². The van der Waals surface area contributed by atoms with Crippen LogP contribution in [0.4, 0.5) is 5.69 Å². The molecule has 0 spiro atoms. The third kappa shape index (κ3) is 2.83.